The van der Waals surface area contributed by atoms with Crippen LogP contribution < -0.4 is 5.32 Å². The first kappa shape index (κ1) is 14.5. The van der Waals surface area contributed by atoms with Gasteiger partial charge in [-0.2, -0.15) is 0 Å². The molecule has 0 radical (unpaired) electrons. The molecule has 1 heterocycles. The highest BCUT2D eigenvalue weighted by Crippen LogP contribution is 2.49. The van der Waals surface area contributed by atoms with Crippen molar-refractivity contribution in [3.8, 4) is 0 Å². The van der Waals surface area contributed by atoms with Gasteiger partial charge in [0.15, 0.2) is 0 Å². The number of Topliss-reactive ketones (excluding diaryl/α,β-unsaturated/α-hetero) is 1. The van der Waals surface area contributed by atoms with E-state index in [4.69, 9.17) is 9.47 Å². The van der Waals surface area contributed by atoms with E-state index in [1.807, 2.05) is 0 Å². The lowest BCUT2D eigenvalue weighted by atomic mass is 9.74. The Kier molecular flexibility index (Phi) is 4.43. The maximum Gasteiger partial charge on any atom is 0.139 e. The van der Waals surface area contributed by atoms with Crippen molar-refractivity contribution in [2.24, 2.45) is 17.8 Å². The molecule has 2 saturated carbocycles. The lowest BCUT2D eigenvalue weighted by Crippen LogP contribution is -2.43. The van der Waals surface area contributed by atoms with Gasteiger partial charge in [0.2, 0.25) is 0 Å². The first-order valence-corrected chi connectivity index (χ1v) is 8.12. The Morgan fingerprint density at radius 1 is 1.25 bits per heavy atom. The quantitative estimate of drug-likeness (QED) is 0.806. The first-order chi connectivity index (χ1) is 9.72. The van der Waals surface area contributed by atoms with Crippen molar-refractivity contribution in [3.05, 3.63) is 0 Å². The predicted octanol–water partition coefficient (Wildman–Crippen LogP) is 1.77. The van der Waals surface area contributed by atoms with Gasteiger partial charge in [-0.3, -0.25) is 4.79 Å². The number of rotatable bonds is 6. The standard InChI is InChI=1S/C16H27NO3/c1-3-10-6-11-7-14(18)15(11)16(10)20-9-13-5-4-12(17-13)8-19-2/h10-13,15-17H,3-9H2,1-2H3. The molecule has 0 aromatic carbocycles. The number of methoxy groups -OCH3 is 1. The number of nitrogens with one attached hydrogen (secondary N) is 1. The van der Waals surface area contributed by atoms with Crippen LogP contribution in [-0.4, -0.2) is 44.3 Å². The van der Waals surface area contributed by atoms with Crippen LogP contribution >= 0.6 is 0 Å². The lowest BCUT2D eigenvalue weighted by Gasteiger charge is -2.33. The highest BCUT2D eigenvalue weighted by atomic mass is 16.5. The number of carbonyl (C=O) groups is 1. The lowest BCUT2D eigenvalue weighted by molar-refractivity contribution is -0.139. The Morgan fingerprint density at radius 3 is 2.65 bits per heavy atom. The maximum absolute atomic E-state index is 11.8. The maximum atomic E-state index is 11.8. The van der Waals surface area contributed by atoms with Gasteiger partial charge in [-0.05, 0) is 31.1 Å². The fourth-order valence-corrected chi connectivity index (χ4v) is 4.35. The van der Waals surface area contributed by atoms with Gasteiger partial charge in [-0.1, -0.05) is 13.3 Å². The fourth-order valence-electron chi connectivity index (χ4n) is 4.35. The van der Waals surface area contributed by atoms with E-state index in [1.54, 1.807) is 7.11 Å². The summed E-state index contributed by atoms with van der Waals surface area (Å²) in [4.78, 5) is 11.8. The Labute approximate surface area is 121 Å². The third-order valence-corrected chi connectivity index (χ3v) is 5.48. The minimum atomic E-state index is 0.189. The van der Waals surface area contributed by atoms with Crippen molar-refractivity contribution in [2.45, 2.75) is 57.2 Å². The average Bonchev–Trinajstić information content (AvgIpc) is 2.98. The average molecular weight is 281 g/mol. The molecule has 0 spiro atoms. The second-order valence-corrected chi connectivity index (χ2v) is 6.75. The molecule has 1 N–H and O–H groups in total. The van der Waals surface area contributed by atoms with E-state index in [2.05, 4.69) is 12.2 Å². The Balaban J connectivity index is 1.49. The van der Waals surface area contributed by atoms with Gasteiger partial charge in [0.05, 0.1) is 19.3 Å². The number of hydrogen-bond donors (Lipinski definition) is 1. The summed E-state index contributed by atoms with van der Waals surface area (Å²) in [5.74, 6) is 1.87. The summed E-state index contributed by atoms with van der Waals surface area (Å²) < 4.78 is 11.4. The summed E-state index contributed by atoms with van der Waals surface area (Å²) in [5, 5.41) is 3.57. The van der Waals surface area contributed by atoms with Crippen LogP contribution in [0.2, 0.25) is 0 Å². The van der Waals surface area contributed by atoms with Gasteiger partial charge in [-0.15, -0.1) is 0 Å². The molecule has 4 heteroatoms. The summed E-state index contributed by atoms with van der Waals surface area (Å²) in [6, 6.07) is 0.902. The van der Waals surface area contributed by atoms with Crippen molar-refractivity contribution in [1.82, 2.24) is 5.32 Å². The van der Waals surface area contributed by atoms with Crippen LogP contribution in [0.4, 0.5) is 0 Å². The van der Waals surface area contributed by atoms with E-state index in [-0.39, 0.29) is 12.0 Å². The molecule has 2 aliphatic carbocycles. The third kappa shape index (κ3) is 2.66. The number of carbonyl (C=O) groups excluding carboxylic acids is 1. The van der Waals surface area contributed by atoms with Gasteiger partial charge >= 0.3 is 0 Å². The van der Waals surface area contributed by atoms with Crippen LogP contribution in [0.3, 0.4) is 0 Å². The van der Waals surface area contributed by atoms with E-state index in [0.717, 1.165) is 38.9 Å². The monoisotopic (exact) mass is 281 g/mol. The molecule has 0 aromatic heterocycles. The molecule has 3 aliphatic rings. The van der Waals surface area contributed by atoms with Crippen molar-refractivity contribution in [2.75, 3.05) is 20.3 Å². The van der Waals surface area contributed by atoms with Gasteiger partial charge < -0.3 is 14.8 Å². The van der Waals surface area contributed by atoms with Gasteiger partial charge in [0, 0.05) is 31.5 Å². The second-order valence-electron chi connectivity index (χ2n) is 6.75. The first-order valence-electron chi connectivity index (χ1n) is 8.12. The Hall–Kier alpha value is -0.450. The van der Waals surface area contributed by atoms with Crippen molar-refractivity contribution in [3.63, 3.8) is 0 Å². The molecular weight excluding hydrogens is 254 g/mol. The van der Waals surface area contributed by atoms with E-state index in [1.165, 1.54) is 6.42 Å². The molecule has 114 valence electrons. The molecule has 0 aromatic rings. The zero-order valence-electron chi connectivity index (χ0n) is 12.6. The third-order valence-electron chi connectivity index (χ3n) is 5.48. The Bertz CT molecular complexity index is 360. The molecule has 3 fully saturated rings. The van der Waals surface area contributed by atoms with E-state index in [0.29, 0.717) is 29.7 Å². The highest BCUT2D eigenvalue weighted by molar-refractivity contribution is 5.88. The van der Waals surface area contributed by atoms with Gasteiger partial charge in [-0.25, -0.2) is 0 Å². The van der Waals surface area contributed by atoms with Crippen LogP contribution in [-0.2, 0) is 14.3 Å². The van der Waals surface area contributed by atoms with Crippen LogP contribution in [0.25, 0.3) is 0 Å². The zero-order valence-corrected chi connectivity index (χ0v) is 12.6. The largest absolute Gasteiger partial charge is 0.383 e. The Morgan fingerprint density at radius 2 is 2.00 bits per heavy atom. The fraction of sp³-hybridized carbons (Fsp3) is 0.938. The van der Waals surface area contributed by atoms with Gasteiger partial charge in [0.25, 0.3) is 0 Å². The molecule has 3 rings (SSSR count). The number of ketones is 1. The summed E-state index contributed by atoms with van der Waals surface area (Å²) in [7, 11) is 1.75. The summed E-state index contributed by atoms with van der Waals surface area (Å²) in [5.41, 5.74) is 0. The summed E-state index contributed by atoms with van der Waals surface area (Å²) in [6.07, 6.45) is 5.64. The van der Waals surface area contributed by atoms with Crippen molar-refractivity contribution < 1.29 is 14.3 Å². The van der Waals surface area contributed by atoms with Crippen LogP contribution in [0, 0.1) is 17.8 Å². The van der Waals surface area contributed by atoms with E-state index in [9.17, 15) is 4.79 Å². The van der Waals surface area contributed by atoms with Crippen molar-refractivity contribution in [1.29, 1.82) is 0 Å². The normalized spacial score (nSPS) is 43.6. The van der Waals surface area contributed by atoms with Crippen LogP contribution in [0.1, 0.15) is 39.0 Å². The van der Waals surface area contributed by atoms with Crippen LogP contribution in [0.5, 0.6) is 0 Å². The SMILES string of the molecule is CCC1CC2CC(=O)C2C1OCC1CCC(COC)N1. The molecule has 6 unspecified atom stereocenters. The molecule has 1 aliphatic heterocycles. The second kappa shape index (κ2) is 6.12. The smallest absolute Gasteiger partial charge is 0.139 e. The van der Waals surface area contributed by atoms with Gasteiger partial charge in [0.1, 0.15) is 5.78 Å². The van der Waals surface area contributed by atoms with Crippen LogP contribution in [0.15, 0.2) is 0 Å². The molecule has 6 atom stereocenters. The molecule has 0 amide bonds. The van der Waals surface area contributed by atoms with E-state index >= 15 is 0 Å². The highest BCUT2D eigenvalue weighted by Gasteiger charge is 2.53. The number of hydrogen-bond acceptors (Lipinski definition) is 4. The molecule has 4 nitrogen and oxygen atoms in total. The van der Waals surface area contributed by atoms with E-state index < -0.39 is 0 Å². The number of ether oxygens (including phenoxy) is 2. The molecular formula is C16H27NO3. The molecule has 1 saturated heterocycles. The zero-order chi connectivity index (χ0) is 14.1. The summed E-state index contributed by atoms with van der Waals surface area (Å²) in [6.45, 7) is 3.75. The molecule has 20 heavy (non-hydrogen) atoms. The summed E-state index contributed by atoms with van der Waals surface area (Å²) >= 11 is 0. The minimum absolute atomic E-state index is 0.189. The topological polar surface area (TPSA) is 47.6 Å². The minimum Gasteiger partial charge on any atom is -0.383 e. The van der Waals surface area contributed by atoms with Crippen molar-refractivity contribution >= 4 is 5.78 Å². The number of fused-ring (bicyclic) bond motifs is 1. The molecule has 0 bridgehead atoms. The predicted molar refractivity (Wildman–Crippen MR) is 76.6 cm³/mol.